The zero-order chi connectivity index (χ0) is 11.1. The van der Waals surface area contributed by atoms with E-state index in [0.717, 1.165) is 11.5 Å². The Labute approximate surface area is 89.7 Å². The van der Waals surface area contributed by atoms with Crippen LogP contribution in [0, 0.1) is 0 Å². The molecule has 82 valence electrons. The van der Waals surface area contributed by atoms with Gasteiger partial charge in [0.25, 0.3) is 0 Å². The molecule has 0 saturated carbocycles. The molecular weight excluding hydrogens is 220 g/mol. The van der Waals surface area contributed by atoms with E-state index in [-0.39, 0.29) is 12.5 Å². The fourth-order valence-electron chi connectivity index (χ4n) is 0.820. The molecular formula is C7H10N4O3S. The van der Waals surface area contributed by atoms with Gasteiger partial charge in [-0.2, -0.15) is 0 Å². The normalized spacial score (nSPS) is 9.60. The highest BCUT2D eigenvalue weighted by Crippen LogP contribution is 2.07. The Bertz CT molecular complexity index is 327. The lowest BCUT2D eigenvalue weighted by Gasteiger charge is -2.03. The summed E-state index contributed by atoms with van der Waals surface area (Å²) in [4.78, 5) is 21.3. The average molecular weight is 230 g/mol. The number of carbonyl (C=O) groups excluding carboxylic acids is 1. The second-order valence-electron chi connectivity index (χ2n) is 2.66. The first-order valence-electron chi connectivity index (χ1n) is 4.22. The molecule has 1 heterocycles. The van der Waals surface area contributed by atoms with Gasteiger partial charge >= 0.3 is 12.0 Å². The maximum Gasteiger partial charge on any atom is 0.319 e. The Morgan fingerprint density at radius 2 is 2.33 bits per heavy atom. The Hall–Kier alpha value is -1.70. The molecule has 15 heavy (non-hydrogen) atoms. The number of aromatic nitrogens is 2. The lowest BCUT2D eigenvalue weighted by Crippen LogP contribution is -2.29. The zero-order valence-electron chi connectivity index (χ0n) is 7.77. The molecule has 7 nitrogen and oxygen atoms in total. The van der Waals surface area contributed by atoms with Gasteiger partial charge in [-0.25, -0.2) is 4.79 Å². The van der Waals surface area contributed by atoms with Crippen LogP contribution in [0.25, 0.3) is 0 Å². The summed E-state index contributed by atoms with van der Waals surface area (Å²) >= 11 is 1.07. The van der Waals surface area contributed by atoms with Gasteiger partial charge < -0.3 is 10.4 Å². The number of hydrogen-bond donors (Lipinski definition) is 3. The van der Waals surface area contributed by atoms with Crippen molar-refractivity contribution >= 4 is 28.5 Å². The van der Waals surface area contributed by atoms with E-state index in [1.807, 2.05) is 0 Å². The highest BCUT2D eigenvalue weighted by atomic mass is 32.1. The van der Waals surface area contributed by atoms with Crippen molar-refractivity contribution in [3.8, 4) is 0 Å². The molecule has 8 heteroatoms. The molecule has 1 aromatic rings. The van der Waals surface area contributed by atoms with Gasteiger partial charge in [0, 0.05) is 24.5 Å². The number of carboxylic acid groups (broad SMARTS) is 1. The van der Waals surface area contributed by atoms with Gasteiger partial charge in [0.05, 0.1) is 6.20 Å². The minimum absolute atomic E-state index is 0.0440. The Balaban J connectivity index is 2.11. The number of nitrogens with zero attached hydrogens (tertiary/aromatic N) is 2. The van der Waals surface area contributed by atoms with Crippen LogP contribution in [0.5, 0.6) is 0 Å². The van der Waals surface area contributed by atoms with E-state index in [1.54, 1.807) is 0 Å². The molecule has 0 unspecified atom stereocenters. The summed E-state index contributed by atoms with van der Waals surface area (Å²) in [5.74, 6) is -0.871. The standard InChI is InChI=1S/C7H10N4O3S/c12-6(13)2-1-3-8-7(14)10-5-4-9-11-15-5/h4H,1-3H2,(H,12,13)(H2,8,10,14). The monoisotopic (exact) mass is 230 g/mol. The maximum absolute atomic E-state index is 11.1. The van der Waals surface area contributed by atoms with Crippen molar-refractivity contribution in [2.45, 2.75) is 12.8 Å². The maximum atomic E-state index is 11.1. The van der Waals surface area contributed by atoms with E-state index in [2.05, 4.69) is 20.2 Å². The van der Waals surface area contributed by atoms with Gasteiger partial charge in [-0.1, -0.05) is 4.49 Å². The topological polar surface area (TPSA) is 104 Å². The molecule has 0 aliphatic rings. The van der Waals surface area contributed by atoms with Crippen LogP contribution in [0.1, 0.15) is 12.8 Å². The zero-order valence-corrected chi connectivity index (χ0v) is 8.58. The third-order valence-corrected chi connectivity index (χ3v) is 2.03. The quantitative estimate of drug-likeness (QED) is 0.640. The highest BCUT2D eigenvalue weighted by Gasteiger charge is 2.03. The van der Waals surface area contributed by atoms with Crippen LogP contribution in [0.2, 0.25) is 0 Å². The summed E-state index contributed by atoms with van der Waals surface area (Å²) < 4.78 is 3.57. The van der Waals surface area contributed by atoms with Crippen LogP contribution < -0.4 is 10.6 Å². The summed E-state index contributed by atoms with van der Waals surface area (Å²) in [5.41, 5.74) is 0. The molecule has 0 atom stereocenters. The van der Waals surface area contributed by atoms with E-state index >= 15 is 0 Å². The van der Waals surface area contributed by atoms with E-state index < -0.39 is 5.97 Å². The summed E-state index contributed by atoms with van der Waals surface area (Å²) in [5, 5.41) is 17.5. The lowest BCUT2D eigenvalue weighted by molar-refractivity contribution is -0.137. The van der Waals surface area contributed by atoms with Crippen LogP contribution in [-0.4, -0.2) is 33.2 Å². The molecule has 0 saturated heterocycles. The molecule has 0 bridgehead atoms. The van der Waals surface area contributed by atoms with Crippen molar-refractivity contribution in [1.82, 2.24) is 14.9 Å². The van der Waals surface area contributed by atoms with E-state index in [0.29, 0.717) is 18.0 Å². The Morgan fingerprint density at radius 3 is 2.93 bits per heavy atom. The summed E-state index contributed by atoms with van der Waals surface area (Å²) in [6.07, 6.45) is 1.88. The number of aliphatic carboxylic acids is 1. The highest BCUT2D eigenvalue weighted by molar-refractivity contribution is 7.10. The predicted octanol–water partition coefficient (Wildman–Crippen LogP) is 0.524. The number of carbonyl (C=O) groups is 2. The number of rotatable bonds is 5. The van der Waals surface area contributed by atoms with Gasteiger partial charge in [-0.15, -0.1) is 5.10 Å². The molecule has 1 aromatic heterocycles. The summed E-state index contributed by atoms with van der Waals surface area (Å²) in [6.45, 7) is 0.324. The fraction of sp³-hybridized carbons (Fsp3) is 0.429. The van der Waals surface area contributed by atoms with E-state index in [4.69, 9.17) is 5.11 Å². The van der Waals surface area contributed by atoms with Crippen molar-refractivity contribution < 1.29 is 14.7 Å². The first kappa shape index (κ1) is 11.4. The predicted molar refractivity (Wildman–Crippen MR) is 53.8 cm³/mol. The average Bonchev–Trinajstić information content (AvgIpc) is 2.64. The Kier molecular flexibility index (Phi) is 4.48. The van der Waals surface area contributed by atoms with Gasteiger partial charge in [0.15, 0.2) is 0 Å². The van der Waals surface area contributed by atoms with Crippen LogP contribution in [0.4, 0.5) is 9.80 Å². The number of nitrogens with one attached hydrogen (secondary N) is 2. The summed E-state index contributed by atoms with van der Waals surface area (Å²) in [6, 6.07) is -0.383. The molecule has 0 aromatic carbocycles. The summed E-state index contributed by atoms with van der Waals surface area (Å²) in [7, 11) is 0. The van der Waals surface area contributed by atoms with Crippen molar-refractivity contribution in [3.63, 3.8) is 0 Å². The first-order valence-corrected chi connectivity index (χ1v) is 5.00. The molecule has 3 N–H and O–H groups in total. The third kappa shape index (κ3) is 4.91. The van der Waals surface area contributed by atoms with Crippen molar-refractivity contribution in [2.24, 2.45) is 0 Å². The van der Waals surface area contributed by atoms with Gasteiger partial charge in [0.2, 0.25) is 0 Å². The molecule has 0 aliphatic carbocycles. The largest absolute Gasteiger partial charge is 0.481 e. The second-order valence-corrected chi connectivity index (χ2v) is 3.45. The SMILES string of the molecule is O=C(O)CCCNC(=O)Nc1cnns1. The lowest BCUT2D eigenvalue weighted by atomic mass is 10.3. The van der Waals surface area contributed by atoms with Crippen molar-refractivity contribution in [3.05, 3.63) is 6.20 Å². The van der Waals surface area contributed by atoms with Crippen molar-refractivity contribution in [1.29, 1.82) is 0 Å². The van der Waals surface area contributed by atoms with E-state index in [9.17, 15) is 9.59 Å². The van der Waals surface area contributed by atoms with Crippen molar-refractivity contribution in [2.75, 3.05) is 11.9 Å². The van der Waals surface area contributed by atoms with Crippen LogP contribution >= 0.6 is 11.5 Å². The van der Waals surface area contributed by atoms with E-state index in [1.165, 1.54) is 6.20 Å². The smallest absolute Gasteiger partial charge is 0.319 e. The van der Waals surface area contributed by atoms with Crippen LogP contribution in [-0.2, 0) is 4.79 Å². The molecule has 0 radical (unpaired) electrons. The molecule has 1 rings (SSSR count). The number of urea groups is 1. The number of hydrogen-bond acceptors (Lipinski definition) is 5. The van der Waals surface area contributed by atoms with Gasteiger partial charge in [-0.3, -0.25) is 10.1 Å². The number of amides is 2. The molecule has 0 aliphatic heterocycles. The minimum atomic E-state index is -0.871. The molecule has 2 amide bonds. The first-order chi connectivity index (χ1) is 7.18. The molecule has 0 spiro atoms. The van der Waals surface area contributed by atoms with Gasteiger partial charge in [0.1, 0.15) is 5.00 Å². The number of carboxylic acids is 1. The van der Waals surface area contributed by atoms with Crippen LogP contribution in [0.3, 0.4) is 0 Å². The van der Waals surface area contributed by atoms with Gasteiger partial charge in [-0.05, 0) is 6.42 Å². The Morgan fingerprint density at radius 1 is 1.53 bits per heavy atom. The van der Waals surface area contributed by atoms with Crippen LogP contribution in [0.15, 0.2) is 6.20 Å². The molecule has 0 fully saturated rings. The second kappa shape index (κ2) is 5.91. The fourth-order valence-corrected chi connectivity index (χ4v) is 1.23. The number of anilines is 1. The minimum Gasteiger partial charge on any atom is -0.481 e. The third-order valence-electron chi connectivity index (χ3n) is 1.45.